The summed E-state index contributed by atoms with van der Waals surface area (Å²) in [7, 11) is 1.35. The molecule has 0 bridgehead atoms. The number of halogens is 1. The minimum Gasteiger partial charge on any atom is -0.465 e. The molecule has 27 heavy (non-hydrogen) atoms. The van der Waals surface area contributed by atoms with Crippen LogP contribution in [0.15, 0.2) is 48.7 Å². The molecule has 0 spiro atoms. The van der Waals surface area contributed by atoms with Crippen molar-refractivity contribution in [3.05, 3.63) is 70.4 Å². The molecule has 1 heterocycles. The van der Waals surface area contributed by atoms with E-state index >= 15 is 0 Å². The standard InChI is InChI=1S/C20H19ClN4O2/c1-12-9-13(2)18(16(21)10-12)24-17-7-8-22-20(25-17)23-15-6-4-5-14(11-15)19(26)27-3/h4-11H,1-3H3,(H2,22,23,24,25). The SMILES string of the molecule is COC(=O)c1cccc(Nc2nccc(Nc3c(C)cc(C)cc3Cl)n2)c1. The second-order valence-electron chi connectivity index (χ2n) is 6.03. The molecular formula is C20H19ClN4O2. The molecule has 1 aromatic heterocycles. The average Bonchev–Trinajstić information content (AvgIpc) is 2.64. The number of aromatic nitrogens is 2. The number of hydrogen-bond donors (Lipinski definition) is 2. The largest absolute Gasteiger partial charge is 0.465 e. The van der Waals surface area contributed by atoms with Crippen molar-refractivity contribution in [3.8, 4) is 0 Å². The van der Waals surface area contributed by atoms with Crippen molar-refractivity contribution < 1.29 is 9.53 Å². The predicted octanol–water partition coefficient (Wildman–Crippen LogP) is 5.02. The molecule has 7 heteroatoms. The fraction of sp³-hybridized carbons (Fsp3) is 0.150. The summed E-state index contributed by atoms with van der Waals surface area (Å²) in [6.07, 6.45) is 1.64. The van der Waals surface area contributed by atoms with E-state index < -0.39 is 5.97 Å². The fourth-order valence-electron chi connectivity index (χ4n) is 2.66. The number of rotatable bonds is 5. The van der Waals surface area contributed by atoms with Gasteiger partial charge >= 0.3 is 5.97 Å². The van der Waals surface area contributed by atoms with Crippen molar-refractivity contribution in [2.24, 2.45) is 0 Å². The molecule has 138 valence electrons. The second-order valence-corrected chi connectivity index (χ2v) is 6.43. The third kappa shape index (κ3) is 4.54. The summed E-state index contributed by atoms with van der Waals surface area (Å²) in [6.45, 7) is 3.98. The number of anilines is 4. The van der Waals surface area contributed by atoms with Gasteiger partial charge in [0.2, 0.25) is 5.95 Å². The first-order chi connectivity index (χ1) is 13.0. The number of esters is 1. The van der Waals surface area contributed by atoms with Gasteiger partial charge in [0.1, 0.15) is 5.82 Å². The maximum atomic E-state index is 11.7. The van der Waals surface area contributed by atoms with Gasteiger partial charge in [-0.05, 0) is 55.3 Å². The van der Waals surface area contributed by atoms with Crippen LogP contribution in [0.25, 0.3) is 0 Å². The first-order valence-corrected chi connectivity index (χ1v) is 8.66. The summed E-state index contributed by atoms with van der Waals surface area (Å²) in [5.41, 5.74) is 4.05. The first-order valence-electron chi connectivity index (χ1n) is 8.28. The van der Waals surface area contributed by atoms with Crippen molar-refractivity contribution in [2.75, 3.05) is 17.7 Å². The van der Waals surface area contributed by atoms with E-state index in [0.717, 1.165) is 16.8 Å². The molecule has 2 aromatic carbocycles. The monoisotopic (exact) mass is 382 g/mol. The topological polar surface area (TPSA) is 76.1 Å². The molecule has 0 atom stereocenters. The quantitative estimate of drug-likeness (QED) is 0.603. The van der Waals surface area contributed by atoms with Gasteiger partial charge in [0.05, 0.1) is 23.4 Å². The Morgan fingerprint density at radius 2 is 1.93 bits per heavy atom. The highest BCUT2D eigenvalue weighted by Gasteiger charge is 2.09. The Balaban J connectivity index is 1.82. The van der Waals surface area contributed by atoms with Gasteiger partial charge in [-0.1, -0.05) is 23.7 Å². The highest BCUT2D eigenvalue weighted by atomic mass is 35.5. The Morgan fingerprint density at radius 3 is 2.67 bits per heavy atom. The van der Waals surface area contributed by atoms with Crippen LogP contribution in [0.1, 0.15) is 21.5 Å². The van der Waals surface area contributed by atoms with E-state index in [0.29, 0.717) is 28.0 Å². The lowest BCUT2D eigenvalue weighted by Gasteiger charge is -2.13. The zero-order chi connectivity index (χ0) is 19.4. The molecule has 6 nitrogen and oxygen atoms in total. The molecular weight excluding hydrogens is 364 g/mol. The van der Waals surface area contributed by atoms with Crippen molar-refractivity contribution in [1.82, 2.24) is 9.97 Å². The number of benzene rings is 2. The molecule has 0 radical (unpaired) electrons. The van der Waals surface area contributed by atoms with Gasteiger partial charge in [-0.15, -0.1) is 0 Å². The summed E-state index contributed by atoms with van der Waals surface area (Å²) in [5, 5.41) is 6.95. The summed E-state index contributed by atoms with van der Waals surface area (Å²) < 4.78 is 4.74. The highest BCUT2D eigenvalue weighted by molar-refractivity contribution is 6.33. The van der Waals surface area contributed by atoms with Crippen LogP contribution in [0, 0.1) is 13.8 Å². The molecule has 3 rings (SSSR count). The van der Waals surface area contributed by atoms with Crippen LogP contribution in [0.5, 0.6) is 0 Å². The van der Waals surface area contributed by atoms with E-state index in [1.54, 1.807) is 30.5 Å². The van der Waals surface area contributed by atoms with Crippen LogP contribution < -0.4 is 10.6 Å². The number of aryl methyl sites for hydroxylation is 2. The summed E-state index contributed by atoms with van der Waals surface area (Å²) in [4.78, 5) is 20.3. The van der Waals surface area contributed by atoms with Gasteiger partial charge in [-0.3, -0.25) is 0 Å². The predicted molar refractivity (Wildman–Crippen MR) is 107 cm³/mol. The fourth-order valence-corrected chi connectivity index (χ4v) is 3.03. The van der Waals surface area contributed by atoms with E-state index in [-0.39, 0.29) is 0 Å². The zero-order valence-corrected chi connectivity index (χ0v) is 16.0. The summed E-state index contributed by atoms with van der Waals surface area (Å²) in [6, 6.07) is 12.6. The van der Waals surface area contributed by atoms with Crippen LogP contribution >= 0.6 is 11.6 Å². The van der Waals surface area contributed by atoms with Gasteiger partial charge in [-0.2, -0.15) is 4.98 Å². The van der Waals surface area contributed by atoms with E-state index in [4.69, 9.17) is 16.3 Å². The van der Waals surface area contributed by atoms with Crippen LogP contribution in [0.2, 0.25) is 5.02 Å². The van der Waals surface area contributed by atoms with Gasteiger partial charge in [-0.25, -0.2) is 9.78 Å². The molecule has 0 unspecified atom stereocenters. The third-order valence-electron chi connectivity index (χ3n) is 3.88. The Hall–Kier alpha value is -3.12. The Labute approximate surface area is 162 Å². The maximum absolute atomic E-state index is 11.7. The van der Waals surface area contributed by atoms with Gasteiger partial charge < -0.3 is 15.4 Å². The minimum absolute atomic E-state index is 0.392. The Kier molecular flexibility index (Phi) is 5.57. The van der Waals surface area contributed by atoms with Gasteiger partial charge in [0.25, 0.3) is 0 Å². The van der Waals surface area contributed by atoms with Crippen molar-refractivity contribution in [1.29, 1.82) is 0 Å². The maximum Gasteiger partial charge on any atom is 0.337 e. The van der Waals surface area contributed by atoms with Gasteiger partial charge in [0, 0.05) is 11.9 Å². The third-order valence-corrected chi connectivity index (χ3v) is 4.18. The minimum atomic E-state index is -0.403. The molecule has 0 aliphatic rings. The summed E-state index contributed by atoms with van der Waals surface area (Å²) >= 11 is 6.35. The van der Waals surface area contributed by atoms with Crippen LogP contribution in [0.3, 0.4) is 0 Å². The lowest BCUT2D eigenvalue weighted by Crippen LogP contribution is -2.04. The summed E-state index contributed by atoms with van der Waals surface area (Å²) in [5.74, 6) is 0.591. The number of nitrogens with zero attached hydrogens (tertiary/aromatic N) is 2. The number of methoxy groups -OCH3 is 1. The van der Waals surface area contributed by atoms with Crippen LogP contribution in [-0.4, -0.2) is 23.0 Å². The molecule has 0 fully saturated rings. The Morgan fingerprint density at radius 1 is 1.11 bits per heavy atom. The smallest absolute Gasteiger partial charge is 0.337 e. The van der Waals surface area contributed by atoms with E-state index in [9.17, 15) is 4.79 Å². The number of carbonyl (C=O) groups is 1. The van der Waals surface area contributed by atoms with Crippen molar-refractivity contribution in [2.45, 2.75) is 13.8 Å². The molecule has 0 amide bonds. The van der Waals surface area contributed by atoms with Crippen LogP contribution in [-0.2, 0) is 4.74 Å². The van der Waals surface area contributed by atoms with Crippen LogP contribution in [0.4, 0.5) is 23.1 Å². The second kappa shape index (κ2) is 8.05. The lowest BCUT2D eigenvalue weighted by molar-refractivity contribution is 0.0601. The molecule has 2 N–H and O–H groups in total. The molecule has 0 saturated heterocycles. The zero-order valence-electron chi connectivity index (χ0n) is 15.2. The molecule has 0 aliphatic heterocycles. The van der Waals surface area contributed by atoms with Crippen molar-refractivity contribution in [3.63, 3.8) is 0 Å². The molecule has 3 aromatic rings. The van der Waals surface area contributed by atoms with Crippen molar-refractivity contribution >= 4 is 40.7 Å². The Bertz CT molecular complexity index is 968. The molecule has 0 aliphatic carbocycles. The highest BCUT2D eigenvalue weighted by Crippen LogP contribution is 2.30. The van der Waals surface area contributed by atoms with Gasteiger partial charge in [0.15, 0.2) is 0 Å². The first kappa shape index (κ1) is 18.7. The normalized spacial score (nSPS) is 10.4. The number of nitrogens with one attached hydrogen (secondary N) is 2. The van der Waals surface area contributed by atoms with E-state index in [1.807, 2.05) is 32.0 Å². The lowest BCUT2D eigenvalue weighted by atomic mass is 10.1. The number of hydrogen-bond acceptors (Lipinski definition) is 6. The van der Waals surface area contributed by atoms with E-state index in [2.05, 4.69) is 20.6 Å². The average molecular weight is 383 g/mol. The van der Waals surface area contributed by atoms with E-state index in [1.165, 1.54) is 7.11 Å². The number of carbonyl (C=O) groups excluding carboxylic acids is 1. The molecule has 0 saturated carbocycles. The number of ether oxygens (including phenoxy) is 1.